The van der Waals surface area contributed by atoms with Gasteiger partial charge in [-0.3, -0.25) is 9.59 Å². The maximum absolute atomic E-state index is 11.6. The number of sulfonamides is 1. The third kappa shape index (κ3) is 3.80. The van der Waals surface area contributed by atoms with Gasteiger partial charge in [0.15, 0.2) is 0 Å². The van der Waals surface area contributed by atoms with E-state index in [1.165, 1.54) is 17.5 Å². The van der Waals surface area contributed by atoms with Crippen LogP contribution in [-0.2, 0) is 19.6 Å². The zero-order valence-corrected chi connectivity index (χ0v) is 9.99. The van der Waals surface area contributed by atoms with Crippen molar-refractivity contribution in [2.24, 2.45) is 0 Å². The minimum Gasteiger partial charge on any atom is -0.481 e. The van der Waals surface area contributed by atoms with Gasteiger partial charge < -0.3 is 10.2 Å². The van der Waals surface area contributed by atoms with E-state index in [1.807, 2.05) is 4.72 Å². The van der Waals surface area contributed by atoms with Crippen molar-refractivity contribution in [3.05, 3.63) is 17.5 Å². The summed E-state index contributed by atoms with van der Waals surface area (Å²) in [5.41, 5.74) is 0. The van der Waals surface area contributed by atoms with Gasteiger partial charge in [0.1, 0.15) is 10.3 Å². The van der Waals surface area contributed by atoms with Crippen LogP contribution in [0.3, 0.4) is 0 Å². The predicted octanol–water partition coefficient (Wildman–Crippen LogP) is -0.0457. The third-order valence-corrected chi connectivity index (χ3v) is 4.60. The van der Waals surface area contributed by atoms with Gasteiger partial charge in [0.05, 0.1) is 6.42 Å². The Morgan fingerprint density at radius 1 is 1.41 bits per heavy atom. The number of carbonyl (C=O) groups is 2. The lowest BCUT2D eigenvalue weighted by molar-refractivity contribution is -0.145. The summed E-state index contributed by atoms with van der Waals surface area (Å²) in [6.45, 7) is 0. The molecule has 1 aromatic heterocycles. The van der Waals surface area contributed by atoms with Gasteiger partial charge in [-0.05, 0) is 11.4 Å². The van der Waals surface area contributed by atoms with Crippen molar-refractivity contribution in [1.82, 2.24) is 4.72 Å². The van der Waals surface area contributed by atoms with Gasteiger partial charge in [0.25, 0.3) is 10.0 Å². The SMILES string of the molecule is O=C(O)C[C@H](NS(=O)(=O)c1cccs1)C(=O)O. The first kappa shape index (κ1) is 13.6. The third-order valence-electron chi connectivity index (χ3n) is 1.73. The topological polar surface area (TPSA) is 121 Å². The van der Waals surface area contributed by atoms with Crippen LogP contribution >= 0.6 is 11.3 Å². The van der Waals surface area contributed by atoms with E-state index in [-0.39, 0.29) is 4.21 Å². The van der Waals surface area contributed by atoms with Crippen molar-refractivity contribution in [2.45, 2.75) is 16.7 Å². The molecule has 1 atom stereocenters. The number of carboxylic acid groups (broad SMARTS) is 2. The van der Waals surface area contributed by atoms with Gasteiger partial charge >= 0.3 is 11.9 Å². The van der Waals surface area contributed by atoms with E-state index in [4.69, 9.17) is 10.2 Å². The van der Waals surface area contributed by atoms with Crippen molar-refractivity contribution < 1.29 is 28.2 Å². The highest BCUT2D eigenvalue weighted by Crippen LogP contribution is 2.16. The van der Waals surface area contributed by atoms with Gasteiger partial charge in [-0.25, -0.2) is 8.42 Å². The quantitative estimate of drug-likeness (QED) is 0.671. The van der Waals surface area contributed by atoms with Crippen LogP contribution < -0.4 is 4.72 Å². The van der Waals surface area contributed by atoms with E-state index in [0.29, 0.717) is 0 Å². The Morgan fingerprint density at radius 2 is 2.06 bits per heavy atom. The molecular weight excluding hydrogens is 270 g/mol. The van der Waals surface area contributed by atoms with E-state index >= 15 is 0 Å². The summed E-state index contributed by atoms with van der Waals surface area (Å²) < 4.78 is 25.0. The highest BCUT2D eigenvalue weighted by Gasteiger charge is 2.27. The van der Waals surface area contributed by atoms with E-state index < -0.39 is 34.4 Å². The van der Waals surface area contributed by atoms with Crippen LogP contribution in [0.4, 0.5) is 0 Å². The Labute approximate surface area is 101 Å². The Kier molecular flexibility index (Phi) is 4.21. The molecule has 0 radical (unpaired) electrons. The number of hydrogen-bond acceptors (Lipinski definition) is 5. The van der Waals surface area contributed by atoms with Crippen LogP contribution in [-0.4, -0.2) is 36.6 Å². The van der Waals surface area contributed by atoms with E-state index in [1.54, 1.807) is 0 Å². The lowest BCUT2D eigenvalue weighted by Crippen LogP contribution is -2.41. The molecule has 1 rings (SSSR count). The Balaban J connectivity index is 2.87. The average molecular weight is 279 g/mol. The molecule has 0 amide bonds. The molecule has 0 aliphatic rings. The summed E-state index contributed by atoms with van der Waals surface area (Å²) >= 11 is 0.912. The molecule has 0 saturated heterocycles. The molecule has 0 aliphatic heterocycles. The first-order chi connectivity index (χ1) is 7.83. The van der Waals surface area contributed by atoms with Crippen LogP contribution in [0.1, 0.15) is 6.42 Å². The normalized spacial score (nSPS) is 13.2. The van der Waals surface area contributed by atoms with Crippen molar-refractivity contribution >= 4 is 33.3 Å². The summed E-state index contributed by atoms with van der Waals surface area (Å²) in [6.07, 6.45) is -0.820. The Bertz CT molecular complexity index is 506. The number of thiophene rings is 1. The van der Waals surface area contributed by atoms with Gasteiger partial charge in [-0.1, -0.05) is 6.07 Å². The Hall–Kier alpha value is -1.45. The van der Waals surface area contributed by atoms with Crippen LogP contribution in [0, 0.1) is 0 Å². The van der Waals surface area contributed by atoms with E-state index in [0.717, 1.165) is 11.3 Å². The van der Waals surface area contributed by atoms with Crippen molar-refractivity contribution in [2.75, 3.05) is 0 Å². The molecule has 0 fully saturated rings. The monoisotopic (exact) mass is 279 g/mol. The minimum atomic E-state index is -3.98. The highest BCUT2D eigenvalue weighted by atomic mass is 32.2. The lowest BCUT2D eigenvalue weighted by atomic mass is 10.2. The van der Waals surface area contributed by atoms with Gasteiger partial charge in [-0.2, -0.15) is 4.72 Å². The molecule has 17 heavy (non-hydrogen) atoms. The molecule has 1 heterocycles. The molecule has 7 nitrogen and oxygen atoms in total. The van der Waals surface area contributed by atoms with Crippen molar-refractivity contribution in [3.8, 4) is 0 Å². The van der Waals surface area contributed by atoms with Crippen molar-refractivity contribution in [3.63, 3.8) is 0 Å². The van der Waals surface area contributed by atoms with E-state index in [2.05, 4.69) is 0 Å². The smallest absolute Gasteiger partial charge is 0.322 e. The van der Waals surface area contributed by atoms with Gasteiger partial charge in [0, 0.05) is 0 Å². The van der Waals surface area contributed by atoms with Crippen LogP contribution in [0.25, 0.3) is 0 Å². The van der Waals surface area contributed by atoms with Crippen LogP contribution in [0.15, 0.2) is 21.7 Å². The molecule has 0 spiro atoms. The number of aliphatic carboxylic acids is 2. The highest BCUT2D eigenvalue weighted by molar-refractivity contribution is 7.91. The van der Waals surface area contributed by atoms with Crippen LogP contribution in [0.2, 0.25) is 0 Å². The fourth-order valence-electron chi connectivity index (χ4n) is 1.02. The summed E-state index contributed by atoms with van der Waals surface area (Å²) in [4.78, 5) is 21.1. The number of nitrogens with one attached hydrogen (secondary N) is 1. The molecule has 3 N–H and O–H groups in total. The maximum Gasteiger partial charge on any atom is 0.322 e. The van der Waals surface area contributed by atoms with Gasteiger partial charge in [-0.15, -0.1) is 11.3 Å². The molecule has 1 aromatic rings. The summed E-state index contributed by atoms with van der Waals surface area (Å²) in [7, 11) is -3.98. The number of hydrogen-bond donors (Lipinski definition) is 3. The second kappa shape index (κ2) is 5.25. The first-order valence-electron chi connectivity index (χ1n) is 4.33. The molecule has 9 heteroatoms. The second-order valence-electron chi connectivity index (χ2n) is 3.04. The Morgan fingerprint density at radius 3 is 2.47 bits per heavy atom. The minimum absolute atomic E-state index is 0.0610. The number of carboxylic acids is 2. The molecular formula is C8H9NO6S2. The zero-order valence-electron chi connectivity index (χ0n) is 8.36. The molecule has 0 saturated carbocycles. The van der Waals surface area contributed by atoms with Gasteiger partial charge in [0.2, 0.25) is 0 Å². The van der Waals surface area contributed by atoms with E-state index in [9.17, 15) is 18.0 Å². The summed E-state index contributed by atoms with van der Waals surface area (Å²) in [5.74, 6) is -2.93. The second-order valence-corrected chi connectivity index (χ2v) is 5.93. The molecule has 0 bridgehead atoms. The molecule has 0 unspecified atom stereocenters. The fourth-order valence-corrected chi connectivity index (χ4v) is 3.21. The molecule has 94 valence electrons. The summed E-state index contributed by atoms with van der Waals surface area (Å²) in [5, 5.41) is 18.7. The zero-order chi connectivity index (χ0) is 13.1. The molecule has 0 aromatic carbocycles. The van der Waals surface area contributed by atoms with Crippen molar-refractivity contribution in [1.29, 1.82) is 0 Å². The average Bonchev–Trinajstić information content (AvgIpc) is 2.68. The molecule has 0 aliphatic carbocycles. The standard InChI is InChI=1S/C8H9NO6S2/c10-6(11)4-5(8(12)13)9-17(14,15)7-2-1-3-16-7/h1-3,5,9H,4H2,(H,10,11)(H,12,13)/t5-/m0/s1. The summed E-state index contributed by atoms with van der Waals surface area (Å²) in [6, 6.07) is 1.11. The first-order valence-corrected chi connectivity index (χ1v) is 6.69. The number of rotatable bonds is 6. The predicted molar refractivity (Wildman–Crippen MR) is 58.3 cm³/mol. The maximum atomic E-state index is 11.6. The lowest BCUT2D eigenvalue weighted by Gasteiger charge is -2.11. The fraction of sp³-hybridized carbons (Fsp3) is 0.250. The largest absolute Gasteiger partial charge is 0.481 e. The van der Waals surface area contributed by atoms with Crippen LogP contribution in [0.5, 0.6) is 0 Å².